The van der Waals surface area contributed by atoms with Crippen molar-refractivity contribution in [3.8, 4) is 11.3 Å². The van der Waals surface area contributed by atoms with Crippen LogP contribution in [-0.4, -0.2) is 16.0 Å². The van der Waals surface area contributed by atoms with Crippen LogP contribution in [-0.2, 0) is 6.54 Å². The lowest BCUT2D eigenvalue weighted by molar-refractivity contribution is 0.944. The molecule has 18 heavy (non-hydrogen) atoms. The number of aromatic nitrogens is 2. The third kappa shape index (κ3) is 2.80. The second-order valence-electron chi connectivity index (χ2n) is 3.77. The molecular weight excluding hydrogens is 246 g/mol. The van der Waals surface area contributed by atoms with Gasteiger partial charge in [0.25, 0.3) is 5.56 Å². The van der Waals surface area contributed by atoms with Crippen LogP contribution in [0.2, 0.25) is 0 Å². The van der Waals surface area contributed by atoms with Crippen LogP contribution in [0.15, 0.2) is 40.0 Å². The molecular formula is C13H15N3OS. The van der Waals surface area contributed by atoms with Gasteiger partial charge in [0.05, 0.1) is 5.69 Å². The van der Waals surface area contributed by atoms with E-state index in [-0.39, 0.29) is 5.56 Å². The molecule has 0 saturated carbocycles. The fraction of sp³-hybridized carbons (Fsp3) is 0.231. The van der Waals surface area contributed by atoms with Crippen LogP contribution in [0.3, 0.4) is 0 Å². The smallest absolute Gasteiger partial charge is 0.264 e. The molecule has 1 aromatic heterocycles. The Morgan fingerprint density at radius 3 is 2.67 bits per heavy atom. The zero-order valence-corrected chi connectivity index (χ0v) is 11.0. The molecule has 1 heterocycles. The van der Waals surface area contributed by atoms with Crippen LogP contribution in [0.25, 0.3) is 11.3 Å². The Morgan fingerprint density at radius 2 is 2.06 bits per heavy atom. The SMILES string of the molecule is CCSc1ccc(-c2n[nH]c(=O)cc2CN)cc1. The summed E-state index contributed by atoms with van der Waals surface area (Å²) in [4.78, 5) is 12.4. The summed E-state index contributed by atoms with van der Waals surface area (Å²) in [7, 11) is 0. The molecule has 0 saturated heterocycles. The predicted molar refractivity (Wildman–Crippen MR) is 74.6 cm³/mol. The van der Waals surface area contributed by atoms with Gasteiger partial charge in [-0.1, -0.05) is 19.1 Å². The lowest BCUT2D eigenvalue weighted by Gasteiger charge is -2.06. The zero-order valence-electron chi connectivity index (χ0n) is 10.1. The van der Waals surface area contributed by atoms with E-state index in [9.17, 15) is 4.79 Å². The second-order valence-corrected chi connectivity index (χ2v) is 5.10. The average Bonchev–Trinajstić information content (AvgIpc) is 2.40. The molecule has 1 aromatic carbocycles. The molecule has 0 amide bonds. The maximum absolute atomic E-state index is 11.2. The van der Waals surface area contributed by atoms with Gasteiger partial charge >= 0.3 is 0 Å². The number of rotatable bonds is 4. The summed E-state index contributed by atoms with van der Waals surface area (Å²) >= 11 is 1.79. The van der Waals surface area contributed by atoms with Crippen molar-refractivity contribution >= 4 is 11.8 Å². The molecule has 2 aromatic rings. The number of nitrogens with one attached hydrogen (secondary N) is 1. The van der Waals surface area contributed by atoms with Gasteiger partial charge in [-0.05, 0) is 23.4 Å². The van der Waals surface area contributed by atoms with E-state index in [0.717, 1.165) is 22.6 Å². The van der Waals surface area contributed by atoms with Crippen molar-refractivity contribution in [2.24, 2.45) is 5.73 Å². The van der Waals surface area contributed by atoms with Crippen LogP contribution in [0.5, 0.6) is 0 Å². The van der Waals surface area contributed by atoms with Gasteiger partial charge in [-0.25, -0.2) is 5.10 Å². The van der Waals surface area contributed by atoms with Crippen LogP contribution in [0.1, 0.15) is 12.5 Å². The highest BCUT2D eigenvalue weighted by Crippen LogP contribution is 2.24. The molecule has 0 aliphatic heterocycles. The van der Waals surface area contributed by atoms with Crippen LogP contribution in [0, 0.1) is 0 Å². The van der Waals surface area contributed by atoms with Gasteiger partial charge in [0.2, 0.25) is 0 Å². The molecule has 94 valence electrons. The van der Waals surface area contributed by atoms with E-state index in [2.05, 4.69) is 29.3 Å². The third-order valence-electron chi connectivity index (χ3n) is 2.55. The first kappa shape index (κ1) is 12.9. The molecule has 4 nitrogen and oxygen atoms in total. The van der Waals surface area contributed by atoms with E-state index in [1.165, 1.54) is 11.0 Å². The highest BCUT2D eigenvalue weighted by Gasteiger charge is 2.06. The molecule has 3 N–H and O–H groups in total. The van der Waals surface area contributed by atoms with Crippen molar-refractivity contribution < 1.29 is 0 Å². The standard InChI is InChI=1S/C13H15N3OS/c1-2-18-11-5-3-9(4-6-11)13-10(8-14)7-12(17)15-16-13/h3-7H,2,8,14H2,1H3,(H,15,17). The molecule has 0 atom stereocenters. The maximum Gasteiger partial charge on any atom is 0.264 e. The fourth-order valence-corrected chi connectivity index (χ4v) is 2.38. The predicted octanol–water partition coefficient (Wildman–Crippen LogP) is 2.01. The van der Waals surface area contributed by atoms with Gasteiger partial charge in [0.15, 0.2) is 0 Å². The van der Waals surface area contributed by atoms with E-state index in [1.807, 2.05) is 12.1 Å². The average molecular weight is 261 g/mol. The molecule has 0 fully saturated rings. The lowest BCUT2D eigenvalue weighted by Crippen LogP contribution is -2.12. The Hall–Kier alpha value is -1.59. The number of benzene rings is 1. The van der Waals surface area contributed by atoms with E-state index < -0.39 is 0 Å². The highest BCUT2D eigenvalue weighted by molar-refractivity contribution is 7.99. The van der Waals surface area contributed by atoms with Gasteiger partial charge in [0, 0.05) is 23.1 Å². The minimum Gasteiger partial charge on any atom is -0.326 e. The number of hydrogen-bond acceptors (Lipinski definition) is 4. The van der Waals surface area contributed by atoms with Crippen LogP contribution in [0.4, 0.5) is 0 Å². The first-order valence-corrected chi connectivity index (χ1v) is 6.75. The van der Waals surface area contributed by atoms with Crippen molar-refractivity contribution in [1.29, 1.82) is 0 Å². The van der Waals surface area contributed by atoms with Gasteiger partial charge in [-0.3, -0.25) is 4.79 Å². The van der Waals surface area contributed by atoms with E-state index in [0.29, 0.717) is 6.54 Å². The minimum absolute atomic E-state index is 0.225. The third-order valence-corrected chi connectivity index (χ3v) is 3.44. The van der Waals surface area contributed by atoms with Gasteiger partial charge in [-0.15, -0.1) is 11.8 Å². The number of nitrogens with two attached hydrogens (primary N) is 1. The Bertz CT molecular complexity index is 578. The summed E-state index contributed by atoms with van der Waals surface area (Å²) in [6, 6.07) is 9.60. The number of thioether (sulfide) groups is 1. The Labute approximate surface area is 110 Å². The molecule has 2 rings (SSSR count). The van der Waals surface area contributed by atoms with Crippen molar-refractivity contribution in [3.63, 3.8) is 0 Å². The van der Waals surface area contributed by atoms with E-state index >= 15 is 0 Å². The molecule has 0 radical (unpaired) electrons. The number of hydrogen-bond donors (Lipinski definition) is 2. The van der Waals surface area contributed by atoms with Crippen LogP contribution >= 0.6 is 11.8 Å². The lowest BCUT2D eigenvalue weighted by atomic mass is 10.1. The zero-order chi connectivity index (χ0) is 13.0. The number of aromatic amines is 1. The fourth-order valence-electron chi connectivity index (χ4n) is 1.72. The highest BCUT2D eigenvalue weighted by atomic mass is 32.2. The van der Waals surface area contributed by atoms with Gasteiger partial charge in [0.1, 0.15) is 0 Å². The van der Waals surface area contributed by atoms with Crippen molar-refractivity contribution in [3.05, 3.63) is 46.2 Å². The normalized spacial score (nSPS) is 10.6. The van der Waals surface area contributed by atoms with Gasteiger partial charge in [-0.2, -0.15) is 5.10 Å². The molecule has 5 heteroatoms. The Morgan fingerprint density at radius 1 is 1.33 bits per heavy atom. The number of H-pyrrole nitrogens is 1. The topological polar surface area (TPSA) is 71.8 Å². The Balaban J connectivity index is 2.39. The van der Waals surface area contributed by atoms with Crippen LogP contribution < -0.4 is 11.3 Å². The Kier molecular flexibility index (Phi) is 4.17. The van der Waals surface area contributed by atoms with Crippen molar-refractivity contribution in [1.82, 2.24) is 10.2 Å². The van der Waals surface area contributed by atoms with E-state index in [1.54, 1.807) is 11.8 Å². The summed E-state index contributed by atoms with van der Waals surface area (Å²) in [5.41, 5.74) is 7.88. The molecule has 0 bridgehead atoms. The summed E-state index contributed by atoms with van der Waals surface area (Å²) < 4.78 is 0. The summed E-state index contributed by atoms with van der Waals surface area (Å²) in [5, 5.41) is 6.52. The molecule has 0 spiro atoms. The van der Waals surface area contributed by atoms with Gasteiger partial charge < -0.3 is 5.73 Å². The monoisotopic (exact) mass is 261 g/mol. The number of nitrogens with zero attached hydrogens (tertiary/aromatic N) is 1. The summed E-state index contributed by atoms with van der Waals surface area (Å²) in [6.07, 6.45) is 0. The largest absolute Gasteiger partial charge is 0.326 e. The molecule has 0 aliphatic carbocycles. The second kappa shape index (κ2) is 5.84. The minimum atomic E-state index is -0.225. The summed E-state index contributed by atoms with van der Waals surface area (Å²) in [6.45, 7) is 2.42. The molecule has 0 aliphatic rings. The van der Waals surface area contributed by atoms with Crippen molar-refractivity contribution in [2.75, 3.05) is 5.75 Å². The van der Waals surface area contributed by atoms with Crippen molar-refractivity contribution in [2.45, 2.75) is 18.4 Å². The maximum atomic E-state index is 11.2. The summed E-state index contributed by atoms with van der Waals surface area (Å²) in [5.74, 6) is 1.05. The molecule has 0 unspecified atom stereocenters. The van der Waals surface area contributed by atoms with E-state index in [4.69, 9.17) is 5.73 Å². The first-order valence-electron chi connectivity index (χ1n) is 5.76. The quantitative estimate of drug-likeness (QED) is 0.826. The first-order chi connectivity index (χ1) is 8.74.